The third kappa shape index (κ3) is 15.4. The normalized spacial score (nSPS) is 12.4. The topological polar surface area (TPSA) is 66.4 Å². The zero-order chi connectivity index (χ0) is 15.6. The van der Waals surface area contributed by atoms with Gasteiger partial charge in [-0.25, -0.2) is 0 Å². The molecule has 1 atom stereocenters. The number of carbonyl (C=O) groups excluding carboxylic acids is 2. The maximum Gasteiger partial charge on any atom is 0.306 e. The first-order valence-corrected chi connectivity index (χ1v) is 7.44. The summed E-state index contributed by atoms with van der Waals surface area (Å²) >= 11 is 0. The molecule has 0 aromatic rings. The molecule has 0 fully saturated rings. The Morgan fingerprint density at radius 3 is 2.14 bits per heavy atom. The van der Waals surface area contributed by atoms with Crippen LogP contribution in [0.4, 0.5) is 0 Å². The summed E-state index contributed by atoms with van der Waals surface area (Å²) in [7, 11) is 5.79. The van der Waals surface area contributed by atoms with E-state index < -0.39 is 12.1 Å². The Bertz CT molecular complexity index is 303. The molecule has 0 saturated carbocycles. The van der Waals surface area contributed by atoms with Gasteiger partial charge in [0, 0.05) is 18.8 Å². The summed E-state index contributed by atoms with van der Waals surface area (Å²) in [5.74, 6) is -1.49. The molecular weight excluding hydrogens is 294 g/mol. The Hall–Kier alpha value is -0.810. The molecule has 0 bridgehead atoms. The number of esters is 1. The average molecular weight is 324 g/mol. The molecule has 0 amide bonds. The molecule has 0 aliphatic heterocycles. The van der Waals surface area contributed by atoms with E-state index in [0.29, 0.717) is 17.4 Å². The van der Waals surface area contributed by atoms with Crippen LogP contribution < -0.4 is 5.11 Å². The van der Waals surface area contributed by atoms with Gasteiger partial charge in [-0.15, -0.1) is 12.4 Å². The van der Waals surface area contributed by atoms with Crippen molar-refractivity contribution in [2.24, 2.45) is 0 Å². The number of hydrogen-bond donors (Lipinski definition) is 0. The summed E-state index contributed by atoms with van der Waals surface area (Å²) in [6.07, 6.45) is 4.83. The maximum absolute atomic E-state index is 11.7. The molecule has 0 heterocycles. The second-order valence-electron chi connectivity index (χ2n) is 6.33. The van der Waals surface area contributed by atoms with Crippen LogP contribution in [0.3, 0.4) is 0 Å². The highest BCUT2D eigenvalue weighted by Gasteiger charge is 2.22. The van der Waals surface area contributed by atoms with E-state index in [0.717, 1.165) is 19.3 Å². The number of rotatable bonds is 11. The first-order valence-electron chi connectivity index (χ1n) is 7.44. The Kier molecular flexibility index (Phi) is 12.6. The molecule has 0 N–H and O–H groups in total. The number of carbonyl (C=O) groups is 2. The molecule has 0 aliphatic rings. The van der Waals surface area contributed by atoms with Crippen molar-refractivity contribution in [3.05, 3.63) is 0 Å². The van der Waals surface area contributed by atoms with Gasteiger partial charge in [0.05, 0.1) is 21.1 Å². The number of nitrogens with zero attached hydrogens (tertiary/aromatic N) is 1. The van der Waals surface area contributed by atoms with E-state index in [9.17, 15) is 14.7 Å². The zero-order valence-electron chi connectivity index (χ0n) is 13.7. The summed E-state index contributed by atoms with van der Waals surface area (Å²) in [5, 5.41) is 10.7. The van der Waals surface area contributed by atoms with E-state index in [4.69, 9.17) is 4.74 Å². The molecule has 0 radical (unpaired) electrons. The smallest absolute Gasteiger partial charge is 0.306 e. The third-order valence-corrected chi connectivity index (χ3v) is 2.93. The van der Waals surface area contributed by atoms with Crippen LogP contribution in [0, 0.1) is 0 Å². The van der Waals surface area contributed by atoms with Crippen LogP contribution in [0.25, 0.3) is 0 Å². The van der Waals surface area contributed by atoms with Gasteiger partial charge in [-0.3, -0.25) is 4.79 Å². The minimum atomic E-state index is -1.18. The van der Waals surface area contributed by atoms with Crippen molar-refractivity contribution >= 4 is 24.3 Å². The first kappa shape index (κ1) is 22.5. The van der Waals surface area contributed by atoms with E-state index >= 15 is 0 Å². The predicted octanol–water partition coefficient (Wildman–Crippen LogP) is 1.53. The number of halogens is 1. The minimum absolute atomic E-state index is 0. The van der Waals surface area contributed by atoms with Crippen molar-refractivity contribution in [1.29, 1.82) is 0 Å². The number of aliphatic carboxylic acids is 1. The lowest BCUT2D eigenvalue weighted by atomic mass is 10.1. The zero-order valence-corrected chi connectivity index (χ0v) is 14.5. The number of hydrogen-bond acceptors (Lipinski definition) is 4. The van der Waals surface area contributed by atoms with Crippen molar-refractivity contribution in [3.8, 4) is 0 Å². The number of unbranched alkanes of at least 4 members (excludes halogenated alkanes) is 4. The molecule has 0 aromatic heterocycles. The lowest BCUT2D eigenvalue weighted by molar-refractivity contribution is -0.873. The maximum atomic E-state index is 11.7. The van der Waals surface area contributed by atoms with Crippen molar-refractivity contribution < 1.29 is 23.9 Å². The highest BCUT2D eigenvalue weighted by molar-refractivity contribution is 5.85. The van der Waals surface area contributed by atoms with Gasteiger partial charge >= 0.3 is 5.97 Å². The second kappa shape index (κ2) is 11.8. The van der Waals surface area contributed by atoms with E-state index in [1.165, 1.54) is 12.8 Å². The Balaban J connectivity index is 0. The highest BCUT2D eigenvalue weighted by Crippen LogP contribution is 2.09. The van der Waals surface area contributed by atoms with E-state index in [1.54, 1.807) is 0 Å². The number of ether oxygens (including phenoxy) is 1. The number of quaternary nitrogens is 1. The number of carboxylic acid groups (broad SMARTS) is 1. The molecule has 0 spiro atoms. The lowest BCUT2D eigenvalue weighted by Crippen LogP contribution is -2.45. The predicted molar refractivity (Wildman–Crippen MR) is 83.0 cm³/mol. The molecule has 0 saturated heterocycles. The van der Waals surface area contributed by atoms with Gasteiger partial charge in [-0.1, -0.05) is 32.6 Å². The summed E-state index contributed by atoms with van der Waals surface area (Å²) in [5.41, 5.74) is 0. The largest absolute Gasteiger partial charge is 0.550 e. The van der Waals surface area contributed by atoms with Gasteiger partial charge in [0.15, 0.2) is 6.10 Å². The fraction of sp³-hybridized carbons (Fsp3) is 0.867. The van der Waals surface area contributed by atoms with E-state index in [2.05, 4.69) is 6.92 Å². The van der Waals surface area contributed by atoms with Crippen molar-refractivity contribution in [2.75, 3.05) is 27.7 Å². The molecular formula is C15H30ClNO4. The van der Waals surface area contributed by atoms with Crippen LogP contribution in [0.2, 0.25) is 0 Å². The second-order valence-corrected chi connectivity index (χ2v) is 6.33. The minimum Gasteiger partial charge on any atom is -0.550 e. The average Bonchev–Trinajstić information content (AvgIpc) is 2.25. The van der Waals surface area contributed by atoms with Crippen molar-refractivity contribution in [1.82, 2.24) is 0 Å². The fourth-order valence-electron chi connectivity index (χ4n) is 2.06. The van der Waals surface area contributed by atoms with Gasteiger partial charge in [0.25, 0.3) is 0 Å². The molecule has 6 heteroatoms. The van der Waals surface area contributed by atoms with Crippen LogP contribution in [0.5, 0.6) is 0 Å². The molecule has 126 valence electrons. The monoisotopic (exact) mass is 323 g/mol. The van der Waals surface area contributed by atoms with Gasteiger partial charge in [-0.05, 0) is 6.42 Å². The summed E-state index contributed by atoms with van der Waals surface area (Å²) in [6, 6.07) is 0. The Morgan fingerprint density at radius 2 is 1.67 bits per heavy atom. The Morgan fingerprint density at radius 1 is 1.10 bits per heavy atom. The Labute approximate surface area is 134 Å². The molecule has 0 aromatic carbocycles. The molecule has 5 nitrogen and oxygen atoms in total. The van der Waals surface area contributed by atoms with Crippen molar-refractivity contribution in [3.63, 3.8) is 0 Å². The van der Waals surface area contributed by atoms with Crippen LogP contribution in [0.1, 0.15) is 51.9 Å². The number of carboxylic acids is 1. The van der Waals surface area contributed by atoms with Crippen LogP contribution in [0.15, 0.2) is 0 Å². The summed E-state index contributed by atoms with van der Waals surface area (Å²) < 4.78 is 5.81. The molecule has 0 rings (SSSR count). The highest BCUT2D eigenvalue weighted by atomic mass is 35.5. The van der Waals surface area contributed by atoms with Crippen LogP contribution in [-0.2, 0) is 14.3 Å². The lowest BCUT2D eigenvalue weighted by Gasteiger charge is -2.29. The van der Waals surface area contributed by atoms with Gasteiger partial charge in [0.1, 0.15) is 6.54 Å². The number of likely N-dealkylation sites (N-methyl/N-ethyl adjacent to an activating group) is 1. The van der Waals surface area contributed by atoms with E-state index in [-0.39, 0.29) is 24.8 Å². The molecule has 21 heavy (non-hydrogen) atoms. The fourth-order valence-corrected chi connectivity index (χ4v) is 2.06. The molecule has 0 aliphatic carbocycles. The van der Waals surface area contributed by atoms with Gasteiger partial charge < -0.3 is 19.1 Å². The molecule has 0 unspecified atom stereocenters. The first-order chi connectivity index (χ1) is 9.24. The van der Waals surface area contributed by atoms with Crippen LogP contribution in [-0.4, -0.2) is 50.2 Å². The van der Waals surface area contributed by atoms with Crippen LogP contribution >= 0.6 is 12.4 Å². The van der Waals surface area contributed by atoms with Gasteiger partial charge in [-0.2, -0.15) is 0 Å². The third-order valence-electron chi connectivity index (χ3n) is 2.93. The van der Waals surface area contributed by atoms with Crippen molar-refractivity contribution in [2.45, 2.75) is 58.0 Å². The van der Waals surface area contributed by atoms with Gasteiger partial charge in [0.2, 0.25) is 0 Å². The summed E-state index contributed by atoms with van der Waals surface area (Å²) in [6.45, 7) is 2.61. The standard InChI is InChI=1S/C15H29NO4.ClH/c1-5-6-7-8-9-10-15(19)20-13(11-14(17)18)12-16(2,3)4;/h13H,5-12H2,1-4H3;1H/t13-;/m1./s1. The van der Waals surface area contributed by atoms with E-state index in [1.807, 2.05) is 21.1 Å². The summed E-state index contributed by atoms with van der Waals surface area (Å²) in [4.78, 5) is 22.4. The quantitative estimate of drug-likeness (QED) is 0.328. The SMILES string of the molecule is CCCCCCCC(=O)O[C@H](CC(=O)[O-])C[N+](C)(C)C.Cl.